The molecule has 7 heteroatoms. The maximum absolute atomic E-state index is 12.3. The Morgan fingerprint density at radius 1 is 1.17 bits per heavy atom. The molecule has 2 amide bonds. The lowest BCUT2D eigenvalue weighted by Crippen LogP contribution is -2.46. The van der Waals surface area contributed by atoms with E-state index < -0.39 is 0 Å². The van der Waals surface area contributed by atoms with Gasteiger partial charge in [0.1, 0.15) is 5.82 Å². The topological polar surface area (TPSA) is 100 Å². The predicted molar refractivity (Wildman–Crippen MR) is 87.0 cm³/mol. The van der Waals surface area contributed by atoms with Gasteiger partial charge in [-0.1, -0.05) is 0 Å². The molecule has 2 fully saturated rings. The number of nitrogens with zero attached hydrogens (tertiary/aromatic N) is 2. The van der Waals surface area contributed by atoms with Gasteiger partial charge >= 0.3 is 0 Å². The van der Waals surface area contributed by atoms with E-state index in [0.717, 1.165) is 31.7 Å². The first kappa shape index (κ1) is 15.7. The van der Waals surface area contributed by atoms with Crippen molar-refractivity contribution in [2.45, 2.75) is 37.8 Å². The molecule has 0 atom stereocenters. The summed E-state index contributed by atoms with van der Waals surface area (Å²) in [7, 11) is 0. The molecule has 2 aliphatic rings. The van der Waals surface area contributed by atoms with Gasteiger partial charge in [-0.3, -0.25) is 14.5 Å². The number of carbonyl (C=O) groups is 2. The Morgan fingerprint density at radius 2 is 1.91 bits per heavy atom. The molecule has 1 aliphatic carbocycles. The number of likely N-dealkylation sites (tertiary alicyclic amines) is 1. The zero-order valence-electron chi connectivity index (χ0n) is 13.1. The van der Waals surface area contributed by atoms with E-state index in [0.29, 0.717) is 18.2 Å². The summed E-state index contributed by atoms with van der Waals surface area (Å²) >= 11 is 0. The van der Waals surface area contributed by atoms with Gasteiger partial charge in [-0.25, -0.2) is 4.98 Å². The maximum Gasteiger partial charge on any atom is 0.253 e. The van der Waals surface area contributed by atoms with E-state index in [-0.39, 0.29) is 17.9 Å². The van der Waals surface area contributed by atoms with Crippen molar-refractivity contribution in [1.82, 2.24) is 15.2 Å². The van der Waals surface area contributed by atoms with E-state index in [1.54, 1.807) is 12.3 Å². The molecule has 0 unspecified atom stereocenters. The van der Waals surface area contributed by atoms with Crippen LogP contribution in [0.15, 0.2) is 18.3 Å². The van der Waals surface area contributed by atoms with Crippen molar-refractivity contribution in [2.75, 3.05) is 25.0 Å². The number of carbonyl (C=O) groups excluding carboxylic acids is 2. The summed E-state index contributed by atoms with van der Waals surface area (Å²) < 4.78 is 0. The molecule has 2 heterocycles. The van der Waals surface area contributed by atoms with E-state index in [1.165, 1.54) is 12.8 Å². The summed E-state index contributed by atoms with van der Waals surface area (Å²) in [5.41, 5.74) is 5.77. The fraction of sp³-hybridized carbons (Fsp3) is 0.562. The summed E-state index contributed by atoms with van der Waals surface area (Å²) in [5, 5.41) is 6.34. The third-order valence-electron chi connectivity index (χ3n) is 4.26. The zero-order valence-corrected chi connectivity index (χ0v) is 13.1. The third kappa shape index (κ3) is 4.66. The molecular formula is C16H23N5O2. The lowest BCUT2D eigenvalue weighted by atomic mass is 10.0. The fourth-order valence-corrected chi connectivity index (χ4v) is 2.77. The van der Waals surface area contributed by atoms with Crippen molar-refractivity contribution in [2.24, 2.45) is 5.73 Å². The van der Waals surface area contributed by atoms with Crippen LogP contribution in [0.3, 0.4) is 0 Å². The predicted octanol–water partition coefficient (Wildman–Crippen LogP) is 0.335. The third-order valence-corrected chi connectivity index (χ3v) is 4.26. The number of hydrogen-bond acceptors (Lipinski definition) is 5. The first-order valence-electron chi connectivity index (χ1n) is 8.14. The zero-order chi connectivity index (χ0) is 16.2. The van der Waals surface area contributed by atoms with Crippen molar-refractivity contribution in [3.05, 3.63) is 23.9 Å². The molecule has 124 valence electrons. The fourth-order valence-electron chi connectivity index (χ4n) is 2.77. The Hall–Kier alpha value is -2.15. The number of aromatic nitrogens is 1. The number of nitrogens with one attached hydrogen (secondary N) is 2. The molecule has 0 bridgehead atoms. The lowest BCUT2D eigenvalue weighted by molar-refractivity contribution is -0.119. The van der Waals surface area contributed by atoms with Crippen LogP contribution in [-0.2, 0) is 4.79 Å². The van der Waals surface area contributed by atoms with Gasteiger partial charge in [-0.2, -0.15) is 0 Å². The highest BCUT2D eigenvalue weighted by atomic mass is 16.2. The van der Waals surface area contributed by atoms with Gasteiger partial charge < -0.3 is 16.4 Å². The Morgan fingerprint density at radius 3 is 2.48 bits per heavy atom. The standard InChI is InChI=1S/C16H23N5O2/c17-14(22)10-21-7-5-13(6-8-21)20-16(23)11-1-4-15(18-9-11)19-12-2-3-12/h1,4,9,12-13H,2-3,5-8,10H2,(H2,17,22)(H,18,19)(H,20,23). The molecular weight excluding hydrogens is 294 g/mol. The quantitative estimate of drug-likeness (QED) is 0.702. The van der Waals surface area contributed by atoms with Crippen molar-refractivity contribution < 1.29 is 9.59 Å². The number of anilines is 1. The SMILES string of the molecule is NC(=O)CN1CCC(NC(=O)c2ccc(NC3CC3)nc2)CC1. The van der Waals surface area contributed by atoms with Crippen LogP contribution < -0.4 is 16.4 Å². The van der Waals surface area contributed by atoms with Crippen LogP contribution in [-0.4, -0.2) is 53.4 Å². The second kappa shape index (κ2) is 6.95. The molecule has 0 radical (unpaired) electrons. The van der Waals surface area contributed by atoms with Gasteiger partial charge in [0, 0.05) is 31.4 Å². The minimum atomic E-state index is -0.307. The maximum atomic E-state index is 12.3. The van der Waals surface area contributed by atoms with Gasteiger partial charge in [0.25, 0.3) is 5.91 Å². The van der Waals surface area contributed by atoms with Gasteiger partial charge in [-0.05, 0) is 37.8 Å². The first-order valence-corrected chi connectivity index (χ1v) is 8.14. The Balaban J connectivity index is 1.46. The summed E-state index contributed by atoms with van der Waals surface area (Å²) in [6, 6.07) is 4.33. The minimum absolute atomic E-state index is 0.0937. The van der Waals surface area contributed by atoms with Gasteiger partial charge in [0.05, 0.1) is 12.1 Å². The largest absolute Gasteiger partial charge is 0.369 e. The highest BCUT2D eigenvalue weighted by Gasteiger charge is 2.23. The molecule has 23 heavy (non-hydrogen) atoms. The van der Waals surface area contributed by atoms with Gasteiger partial charge in [-0.15, -0.1) is 0 Å². The summed E-state index contributed by atoms with van der Waals surface area (Å²) in [6.07, 6.45) is 5.65. The van der Waals surface area contributed by atoms with Crippen LogP contribution in [0.2, 0.25) is 0 Å². The summed E-state index contributed by atoms with van der Waals surface area (Å²) in [6.45, 7) is 1.84. The van der Waals surface area contributed by atoms with Crippen LogP contribution in [0, 0.1) is 0 Å². The van der Waals surface area contributed by atoms with Crippen molar-refractivity contribution >= 4 is 17.6 Å². The Labute approximate surface area is 135 Å². The molecule has 1 aliphatic heterocycles. The number of nitrogens with two attached hydrogens (primary N) is 1. The van der Waals surface area contributed by atoms with Gasteiger partial charge in [0.15, 0.2) is 0 Å². The van der Waals surface area contributed by atoms with Gasteiger partial charge in [0.2, 0.25) is 5.91 Å². The second-order valence-electron chi connectivity index (χ2n) is 6.34. The number of amides is 2. The Kier molecular flexibility index (Phi) is 4.76. The average Bonchev–Trinajstić information content (AvgIpc) is 3.33. The number of hydrogen-bond donors (Lipinski definition) is 3. The Bertz CT molecular complexity index is 562. The lowest BCUT2D eigenvalue weighted by Gasteiger charge is -2.31. The molecule has 0 spiro atoms. The summed E-state index contributed by atoms with van der Waals surface area (Å²) in [5.74, 6) is 0.422. The van der Waals surface area contributed by atoms with Crippen LogP contribution in [0.25, 0.3) is 0 Å². The van der Waals surface area contributed by atoms with Crippen LogP contribution in [0.4, 0.5) is 5.82 Å². The number of rotatable bonds is 6. The number of pyridine rings is 1. The normalized spacial score (nSPS) is 19.3. The van der Waals surface area contributed by atoms with E-state index in [2.05, 4.69) is 15.6 Å². The highest BCUT2D eigenvalue weighted by molar-refractivity contribution is 5.94. The van der Waals surface area contributed by atoms with E-state index >= 15 is 0 Å². The number of primary amides is 1. The average molecular weight is 317 g/mol. The highest BCUT2D eigenvalue weighted by Crippen LogP contribution is 2.23. The van der Waals surface area contributed by atoms with Crippen LogP contribution >= 0.6 is 0 Å². The first-order chi connectivity index (χ1) is 11.1. The molecule has 1 aromatic heterocycles. The monoisotopic (exact) mass is 317 g/mol. The number of piperidine rings is 1. The molecule has 1 saturated carbocycles. The molecule has 4 N–H and O–H groups in total. The van der Waals surface area contributed by atoms with Crippen molar-refractivity contribution in [3.63, 3.8) is 0 Å². The molecule has 1 saturated heterocycles. The van der Waals surface area contributed by atoms with Crippen molar-refractivity contribution in [3.8, 4) is 0 Å². The van der Waals surface area contributed by atoms with E-state index in [1.807, 2.05) is 11.0 Å². The molecule has 0 aromatic carbocycles. The van der Waals surface area contributed by atoms with Crippen molar-refractivity contribution in [1.29, 1.82) is 0 Å². The minimum Gasteiger partial charge on any atom is -0.369 e. The van der Waals surface area contributed by atoms with Crippen LogP contribution in [0.5, 0.6) is 0 Å². The van der Waals surface area contributed by atoms with E-state index in [9.17, 15) is 9.59 Å². The molecule has 7 nitrogen and oxygen atoms in total. The summed E-state index contributed by atoms with van der Waals surface area (Å²) in [4.78, 5) is 29.5. The smallest absolute Gasteiger partial charge is 0.253 e. The van der Waals surface area contributed by atoms with E-state index in [4.69, 9.17) is 5.73 Å². The second-order valence-corrected chi connectivity index (χ2v) is 6.34. The molecule has 1 aromatic rings. The molecule has 3 rings (SSSR count). The van der Waals surface area contributed by atoms with Crippen LogP contribution in [0.1, 0.15) is 36.0 Å².